The summed E-state index contributed by atoms with van der Waals surface area (Å²) in [6, 6.07) is 24.3. The van der Waals surface area contributed by atoms with Crippen molar-refractivity contribution in [1.82, 2.24) is 0 Å². The first-order chi connectivity index (χ1) is 20.4. The quantitative estimate of drug-likeness (QED) is 0.199. The lowest BCUT2D eigenvalue weighted by Gasteiger charge is -2.31. The molecule has 42 heavy (non-hydrogen) atoms. The molecule has 2 aliphatic heterocycles. The van der Waals surface area contributed by atoms with Crippen LogP contribution < -0.4 is 9.64 Å². The molecule has 0 bridgehead atoms. The van der Waals surface area contributed by atoms with Gasteiger partial charge in [0.05, 0.1) is 30.2 Å². The summed E-state index contributed by atoms with van der Waals surface area (Å²) in [5.74, 6) is -0.269. The molecule has 0 unspecified atom stereocenters. The summed E-state index contributed by atoms with van der Waals surface area (Å²) in [6.45, 7) is 2.88. The SMILES string of the molecule is CC/C(=C\c1cc(Br)ccc1O)CC[C@H]1OC[C@H]2C1=C(COc1ccccc1)C[C@H]1C(=O)N(c3ccccc3)C(=O)[C@H]12. The van der Waals surface area contributed by atoms with Gasteiger partial charge in [-0.15, -0.1) is 0 Å². The molecule has 1 aliphatic carbocycles. The Labute approximate surface area is 254 Å². The van der Waals surface area contributed by atoms with E-state index < -0.39 is 11.8 Å². The van der Waals surface area contributed by atoms with E-state index in [0.717, 1.165) is 46.2 Å². The smallest absolute Gasteiger partial charge is 0.238 e. The van der Waals surface area contributed by atoms with Crippen LogP contribution in [0.5, 0.6) is 11.5 Å². The number of rotatable bonds is 9. The number of hydrogen-bond donors (Lipinski definition) is 1. The van der Waals surface area contributed by atoms with E-state index in [1.165, 1.54) is 10.5 Å². The van der Waals surface area contributed by atoms with Gasteiger partial charge in [-0.25, -0.2) is 0 Å². The Morgan fingerprint density at radius 2 is 1.76 bits per heavy atom. The van der Waals surface area contributed by atoms with Gasteiger partial charge in [0.15, 0.2) is 0 Å². The van der Waals surface area contributed by atoms with Gasteiger partial charge in [0.1, 0.15) is 18.1 Å². The number of nitrogens with zero attached hydrogens (tertiary/aromatic N) is 1. The molecule has 7 heteroatoms. The highest BCUT2D eigenvalue weighted by atomic mass is 79.9. The predicted octanol–water partition coefficient (Wildman–Crippen LogP) is 7.33. The van der Waals surface area contributed by atoms with E-state index in [1.54, 1.807) is 6.07 Å². The average molecular weight is 629 g/mol. The normalized spacial score (nSPS) is 23.8. The number of fused-ring (bicyclic) bond motifs is 3. The molecule has 0 aromatic heterocycles. The predicted molar refractivity (Wildman–Crippen MR) is 166 cm³/mol. The maximum Gasteiger partial charge on any atom is 0.238 e. The van der Waals surface area contributed by atoms with Crippen molar-refractivity contribution in [2.45, 2.75) is 38.7 Å². The first-order valence-corrected chi connectivity index (χ1v) is 15.4. The zero-order valence-corrected chi connectivity index (χ0v) is 25.1. The molecule has 3 aromatic carbocycles. The van der Waals surface area contributed by atoms with Crippen molar-refractivity contribution in [3.05, 3.63) is 106 Å². The molecule has 4 atom stereocenters. The standard InChI is InChI=1S/C35H34BrNO5/c1-2-22(17-23-18-25(36)14-15-30(23)38)13-16-31-32-24(20-41-27-11-7-4-8-12-27)19-28-33(29(32)21-42-31)35(40)37(34(28)39)26-9-5-3-6-10-26/h3-12,14-15,17-18,28-29,31,33,38H,2,13,16,19-21H2,1H3/b22-17+/t28-,29+,31-,33-/m1/s1. The first-order valence-electron chi connectivity index (χ1n) is 14.6. The van der Waals surface area contributed by atoms with Gasteiger partial charge in [-0.1, -0.05) is 70.9 Å². The fourth-order valence-electron chi connectivity index (χ4n) is 6.65. The van der Waals surface area contributed by atoms with Gasteiger partial charge in [0.2, 0.25) is 11.8 Å². The van der Waals surface area contributed by atoms with Gasteiger partial charge >= 0.3 is 0 Å². The van der Waals surface area contributed by atoms with Crippen LogP contribution in [-0.4, -0.2) is 36.2 Å². The lowest BCUT2D eigenvalue weighted by Crippen LogP contribution is -2.35. The lowest BCUT2D eigenvalue weighted by molar-refractivity contribution is -0.122. The average Bonchev–Trinajstić information content (AvgIpc) is 3.54. The van der Waals surface area contributed by atoms with E-state index in [9.17, 15) is 14.7 Å². The van der Waals surface area contributed by atoms with Crippen molar-refractivity contribution in [1.29, 1.82) is 0 Å². The number of ether oxygens (including phenoxy) is 2. The zero-order valence-electron chi connectivity index (χ0n) is 23.5. The lowest BCUT2D eigenvalue weighted by atomic mass is 9.69. The van der Waals surface area contributed by atoms with Crippen LogP contribution in [0.15, 0.2) is 100 Å². The summed E-state index contributed by atoms with van der Waals surface area (Å²) >= 11 is 3.49. The van der Waals surface area contributed by atoms with Crippen LogP contribution in [-0.2, 0) is 14.3 Å². The molecule has 2 heterocycles. The van der Waals surface area contributed by atoms with Gasteiger partial charge in [0.25, 0.3) is 0 Å². The van der Waals surface area contributed by atoms with E-state index in [0.29, 0.717) is 25.3 Å². The largest absolute Gasteiger partial charge is 0.507 e. The van der Waals surface area contributed by atoms with Gasteiger partial charge < -0.3 is 14.6 Å². The topological polar surface area (TPSA) is 76.1 Å². The highest BCUT2D eigenvalue weighted by Crippen LogP contribution is 2.50. The molecule has 0 spiro atoms. The highest BCUT2D eigenvalue weighted by molar-refractivity contribution is 9.10. The van der Waals surface area contributed by atoms with Gasteiger partial charge in [-0.2, -0.15) is 0 Å². The summed E-state index contributed by atoms with van der Waals surface area (Å²) in [4.78, 5) is 28.9. The molecule has 3 aliphatic rings. The first kappa shape index (κ1) is 28.4. The van der Waals surface area contributed by atoms with Crippen molar-refractivity contribution in [2.75, 3.05) is 18.1 Å². The molecule has 6 nitrogen and oxygen atoms in total. The Bertz CT molecular complexity index is 1530. The monoisotopic (exact) mass is 627 g/mol. The Balaban J connectivity index is 1.28. The molecule has 2 saturated heterocycles. The Morgan fingerprint density at radius 3 is 2.50 bits per heavy atom. The summed E-state index contributed by atoms with van der Waals surface area (Å²) in [5.41, 5.74) is 4.79. The minimum atomic E-state index is -0.432. The molecule has 6 rings (SSSR count). The second kappa shape index (κ2) is 12.3. The zero-order chi connectivity index (χ0) is 29.2. The Morgan fingerprint density at radius 1 is 1.02 bits per heavy atom. The van der Waals surface area contributed by atoms with Crippen molar-refractivity contribution in [3.8, 4) is 11.5 Å². The van der Waals surface area contributed by atoms with Crippen LogP contribution in [0.2, 0.25) is 0 Å². The maximum atomic E-state index is 13.8. The van der Waals surface area contributed by atoms with Gasteiger partial charge in [-0.3, -0.25) is 14.5 Å². The number of benzene rings is 3. The van der Waals surface area contributed by atoms with E-state index in [-0.39, 0.29) is 29.6 Å². The summed E-state index contributed by atoms with van der Waals surface area (Å²) < 4.78 is 13.5. The Kier molecular flexibility index (Phi) is 8.31. The van der Waals surface area contributed by atoms with Crippen LogP contribution >= 0.6 is 15.9 Å². The van der Waals surface area contributed by atoms with Crippen molar-refractivity contribution >= 4 is 39.5 Å². The molecule has 2 fully saturated rings. The number of carbonyl (C=O) groups is 2. The number of amides is 2. The molecule has 216 valence electrons. The number of anilines is 1. The minimum absolute atomic E-state index is 0.134. The number of phenols is 1. The number of hydrogen-bond acceptors (Lipinski definition) is 5. The van der Waals surface area contributed by atoms with E-state index in [2.05, 4.69) is 22.9 Å². The third kappa shape index (κ3) is 5.55. The molecule has 3 aromatic rings. The number of para-hydroxylation sites is 2. The van der Waals surface area contributed by atoms with Crippen molar-refractivity contribution in [2.24, 2.45) is 17.8 Å². The van der Waals surface area contributed by atoms with Crippen molar-refractivity contribution in [3.63, 3.8) is 0 Å². The van der Waals surface area contributed by atoms with Crippen LogP contribution in [0.3, 0.4) is 0 Å². The summed E-state index contributed by atoms with van der Waals surface area (Å²) in [5, 5.41) is 10.4. The molecular weight excluding hydrogens is 594 g/mol. The van der Waals surface area contributed by atoms with E-state index in [1.807, 2.05) is 78.9 Å². The van der Waals surface area contributed by atoms with Crippen LogP contribution in [0.1, 0.15) is 38.2 Å². The number of carbonyl (C=O) groups excluding carboxylic acids is 2. The molecule has 1 N–H and O–H groups in total. The third-order valence-electron chi connectivity index (χ3n) is 8.71. The number of allylic oxidation sites excluding steroid dienone is 1. The molecule has 2 amide bonds. The maximum absolute atomic E-state index is 13.8. The van der Waals surface area contributed by atoms with Crippen LogP contribution in [0, 0.1) is 17.8 Å². The number of aromatic hydroxyl groups is 1. The molecular formula is C35H34BrNO5. The van der Waals surface area contributed by atoms with E-state index in [4.69, 9.17) is 9.47 Å². The second-order valence-electron chi connectivity index (χ2n) is 11.2. The van der Waals surface area contributed by atoms with E-state index >= 15 is 0 Å². The fourth-order valence-corrected chi connectivity index (χ4v) is 7.03. The van der Waals surface area contributed by atoms with Gasteiger partial charge in [-0.05, 0) is 79.3 Å². The minimum Gasteiger partial charge on any atom is -0.507 e. The molecule has 0 saturated carbocycles. The van der Waals surface area contributed by atoms with Crippen LogP contribution in [0.4, 0.5) is 5.69 Å². The highest BCUT2D eigenvalue weighted by Gasteiger charge is 2.57. The van der Waals surface area contributed by atoms with Crippen molar-refractivity contribution < 1.29 is 24.2 Å². The number of halogens is 1. The Hall–Kier alpha value is -3.68. The second-order valence-corrected chi connectivity index (χ2v) is 12.1. The van der Waals surface area contributed by atoms with Gasteiger partial charge in [0, 0.05) is 16.0 Å². The fraction of sp³-hybridized carbons (Fsp3) is 0.314. The number of phenolic OH excluding ortho intramolecular Hbond substituents is 1. The molecule has 0 radical (unpaired) electrons. The number of imide groups is 1. The summed E-state index contributed by atoms with van der Waals surface area (Å²) in [7, 11) is 0. The van der Waals surface area contributed by atoms with Crippen LogP contribution in [0.25, 0.3) is 6.08 Å². The third-order valence-corrected chi connectivity index (χ3v) is 9.20. The summed E-state index contributed by atoms with van der Waals surface area (Å²) in [6.07, 6.45) is 4.75.